The molecule has 1 atom stereocenters. The molecule has 2 aromatic carbocycles. The van der Waals surface area contributed by atoms with Crippen LogP contribution in [0.4, 0.5) is 0 Å². The predicted octanol–water partition coefficient (Wildman–Crippen LogP) is 2.92. The predicted molar refractivity (Wildman–Crippen MR) is 70.9 cm³/mol. The van der Waals surface area contributed by atoms with Crippen LogP contribution < -0.4 is 0 Å². The van der Waals surface area contributed by atoms with Crippen LogP contribution in [0.5, 0.6) is 0 Å². The minimum atomic E-state index is -1.17. The summed E-state index contributed by atoms with van der Waals surface area (Å²) in [6.07, 6.45) is 2.01. The smallest absolute Gasteiger partial charge is 0.160 e. The molecule has 2 nitrogen and oxygen atoms in total. The topological polar surface area (TPSA) is 26.3 Å². The first-order valence-electron chi connectivity index (χ1n) is 5.53. The van der Waals surface area contributed by atoms with Crippen molar-refractivity contribution in [2.45, 2.75) is 0 Å². The van der Waals surface area contributed by atoms with Crippen molar-refractivity contribution < 1.29 is 8.39 Å². The largest absolute Gasteiger partial charge is 0.286 e. The van der Waals surface area contributed by atoms with Crippen molar-refractivity contribution in [3.05, 3.63) is 54.1 Å². The maximum absolute atomic E-state index is 11.4. The number of hydrogen-bond donors (Lipinski definition) is 0. The molecule has 17 heavy (non-hydrogen) atoms. The second-order valence-electron chi connectivity index (χ2n) is 4.02. The molecule has 86 valence electrons. The fraction of sp³-hybridized carbons (Fsp3) is 0.143. The van der Waals surface area contributed by atoms with Crippen LogP contribution >= 0.6 is 0 Å². The van der Waals surface area contributed by atoms with E-state index in [0.29, 0.717) is 12.4 Å². The monoisotopic (exact) mass is 244 g/mol. The molecule has 0 bridgehead atoms. The SMILES string of the molecule is O=S1CC(c2ccc3ccccc3c2)=CCO1. The van der Waals surface area contributed by atoms with Crippen LogP contribution in [0.1, 0.15) is 5.56 Å². The summed E-state index contributed by atoms with van der Waals surface area (Å²) in [6, 6.07) is 14.6. The molecule has 0 fully saturated rings. The van der Waals surface area contributed by atoms with Gasteiger partial charge in [-0.2, -0.15) is 0 Å². The molecule has 0 radical (unpaired) electrons. The molecule has 1 aliphatic heterocycles. The van der Waals surface area contributed by atoms with Crippen molar-refractivity contribution in [1.29, 1.82) is 0 Å². The van der Waals surface area contributed by atoms with Gasteiger partial charge < -0.3 is 0 Å². The summed E-state index contributed by atoms with van der Waals surface area (Å²) in [7, 11) is 0. The van der Waals surface area contributed by atoms with Gasteiger partial charge in [0.1, 0.15) is 0 Å². The normalized spacial score (nSPS) is 20.2. The van der Waals surface area contributed by atoms with Crippen LogP contribution in [0.2, 0.25) is 0 Å². The van der Waals surface area contributed by atoms with Crippen LogP contribution in [0.25, 0.3) is 16.3 Å². The lowest BCUT2D eigenvalue weighted by Crippen LogP contribution is -2.10. The van der Waals surface area contributed by atoms with Crippen molar-refractivity contribution in [2.24, 2.45) is 0 Å². The third-order valence-corrected chi connectivity index (χ3v) is 3.87. The Labute approximate surface area is 103 Å². The lowest BCUT2D eigenvalue weighted by atomic mass is 10.0. The molecule has 1 unspecified atom stereocenters. The number of hydrogen-bond acceptors (Lipinski definition) is 2. The van der Waals surface area contributed by atoms with E-state index in [-0.39, 0.29) is 0 Å². The van der Waals surface area contributed by atoms with Gasteiger partial charge in [-0.05, 0) is 28.0 Å². The molecular formula is C14H12O2S. The van der Waals surface area contributed by atoms with E-state index in [2.05, 4.69) is 30.3 Å². The van der Waals surface area contributed by atoms with E-state index in [1.54, 1.807) is 0 Å². The van der Waals surface area contributed by atoms with Gasteiger partial charge in [-0.3, -0.25) is 4.18 Å². The lowest BCUT2D eigenvalue weighted by molar-refractivity contribution is 0.393. The summed E-state index contributed by atoms with van der Waals surface area (Å²) in [4.78, 5) is 0. The van der Waals surface area contributed by atoms with Gasteiger partial charge in [0.2, 0.25) is 0 Å². The molecule has 0 saturated carbocycles. The van der Waals surface area contributed by atoms with E-state index in [4.69, 9.17) is 4.18 Å². The van der Waals surface area contributed by atoms with Crippen LogP contribution in [-0.4, -0.2) is 16.6 Å². The van der Waals surface area contributed by atoms with Gasteiger partial charge in [0.25, 0.3) is 0 Å². The van der Waals surface area contributed by atoms with Crippen LogP contribution in [0.15, 0.2) is 48.5 Å². The van der Waals surface area contributed by atoms with Gasteiger partial charge in [-0.15, -0.1) is 0 Å². The van der Waals surface area contributed by atoms with E-state index in [1.165, 1.54) is 10.8 Å². The highest BCUT2D eigenvalue weighted by atomic mass is 32.2. The van der Waals surface area contributed by atoms with Gasteiger partial charge in [-0.1, -0.05) is 42.5 Å². The number of fused-ring (bicyclic) bond motifs is 1. The standard InChI is InChI=1S/C14H12O2S/c15-17-10-14(7-8-16-17)13-6-5-11-3-1-2-4-12(11)9-13/h1-7,9H,8,10H2. The number of rotatable bonds is 1. The summed E-state index contributed by atoms with van der Waals surface area (Å²) in [5, 5.41) is 2.44. The molecule has 0 aliphatic carbocycles. The highest BCUT2D eigenvalue weighted by Gasteiger charge is 2.12. The number of benzene rings is 2. The summed E-state index contributed by atoms with van der Waals surface area (Å²) in [5.41, 5.74) is 2.25. The van der Waals surface area contributed by atoms with Gasteiger partial charge >= 0.3 is 0 Å². The van der Waals surface area contributed by atoms with Crippen LogP contribution in [-0.2, 0) is 15.3 Å². The van der Waals surface area contributed by atoms with Crippen molar-refractivity contribution in [2.75, 3.05) is 12.4 Å². The molecule has 0 amide bonds. The molecule has 0 saturated heterocycles. The average molecular weight is 244 g/mol. The van der Waals surface area contributed by atoms with E-state index in [0.717, 1.165) is 11.1 Å². The Morgan fingerprint density at radius 3 is 2.71 bits per heavy atom. The van der Waals surface area contributed by atoms with Gasteiger partial charge in [-0.25, -0.2) is 4.21 Å². The quantitative estimate of drug-likeness (QED) is 0.771. The zero-order valence-electron chi connectivity index (χ0n) is 9.26. The van der Waals surface area contributed by atoms with Crippen molar-refractivity contribution in [1.82, 2.24) is 0 Å². The molecule has 3 heteroatoms. The molecule has 2 aromatic rings. The maximum atomic E-state index is 11.4. The molecule has 1 aliphatic rings. The molecule has 3 rings (SSSR count). The van der Waals surface area contributed by atoms with E-state index >= 15 is 0 Å². The van der Waals surface area contributed by atoms with Crippen LogP contribution in [0, 0.1) is 0 Å². The minimum absolute atomic E-state index is 0.439. The van der Waals surface area contributed by atoms with E-state index in [1.807, 2.05) is 18.2 Å². The minimum Gasteiger partial charge on any atom is -0.286 e. The van der Waals surface area contributed by atoms with E-state index in [9.17, 15) is 4.21 Å². The van der Waals surface area contributed by atoms with Crippen molar-refractivity contribution in [3.63, 3.8) is 0 Å². The van der Waals surface area contributed by atoms with Gasteiger partial charge in [0.05, 0.1) is 12.4 Å². The molecule has 1 heterocycles. The summed E-state index contributed by atoms with van der Waals surface area (Å²) in [5.74, 6) is 0.484. The molecule has 0 N–H and O–H groups in total. The summed E-state index contributed by atoms with van der Waals surface area (Å²) in [6.45, 7) is 0.439. The Kier molecular flexibility index (Phi) is 2.79. The zero-order chi connectivity index (χ0) is 11.7. The first-order chi connectivity index (χ1) is 8.33. The van der Waals surface area contributed by atoms with Gasteiger partial charge in [0.15, 0.2) is 11.1 Å². The highest BCUT2D eigenvalue weighted by Crippen LogP contribution is 2.23. The van der Waals surface area contributed by atoms with Gasteiger partial charge in [0, 0.05) is 0 Å². The third-order valence-electron chi connectivity index (χ3n) is 2.92. The first-order valence-corrected chi connectivity index (χ1v) is 6.77. The molecule has 0 spiro atoms. The molecule has 0 aromatic heterocycles. The summed E-state index contributed by atoms with van der Waals surface area (Å²) >= 11 is -1.17. The fourth-order valence-corrected chi connectivity index (χ4v) is 2.87. The molecular weight excluding hydrogens is 232 g/mol. The maximum Gasteiger partial charge on any atom is 0.160 e. The Balaban J connectivity index is 2.06. The second kappa shape index (κ2) is 4.43. The fourth-order valence-electron chi connectivity index (χ4n) is 2.03. The summed E-state index contributed by atoms with van der Waals surface area (Å²) < 4.78 is 16.4. The Morgan fingerprint density at radius 2 is 1.88 bits per heavy atom. The van der Waals surface area contributed by atoms with Crippen molar-refractivity contribution >= 4 is 27.4 Å². The average Bonchev–Trinajstić information content (AvgIpc) is 2.38. The Morgan fingerprint density at radius 1 is 1.06 bits per heavy atom. The van der Waals surface area contributed by atoms with Crippen LogP contribution in [0.3, 0.4) is 0 Å². The lowest BCUT2D eigenvalue weighted by Gasteiger charge is -2.13. The van der Waals surface area contributed by atoms with E-state index < -0.39 is 11.1 Å². The van der Waals surface area contributed by atoms with Crippen molar-refractivity contribution in [3.8, 4) is 0 Å². The third kappa shape index (κ3) is 2.16. The zero-order valence-corrected chi connectivity index (χ0v) is 10.1. The first kappa shape index (κ1) is 10.7. The highest BCUT2D eigenvalue weighted by molar-refractivity contribution is 7.80. The Bertz CT molecular complexity index is 616. The second-order valence-corrected chi connectivity index (χ2v) is 5.16. The Hall–Kier alpha value is -1.45.